The molecule has 1 fully saturated rings. The summed E-state index contributed by atoms with van der Waals surface area (Å²) in [7, 11) is 0. The SMILES string of the molecule is Cc1[nH]c2ccccc2c1C[C@@H](NC(=O)C(C)(C)NC(=O)OC(C)(C)C)C(=O)N1CCC(n2c(=O)[nH]c3ccccc32)CC1. The Bertz CT molecular complexity index is 1750. The zero-order valence-corrected chi connectivity index (χ0v) is 26.2. The standard InChI is InChI=1S/C33H42N6O5/c1-20-23(22-11-7-8-12-24(22)34-20)19-26(35-29(41)33(5,6)37-31(43)44-32(2,3)4)28(40)38-17-15-21(16-18-38)39-27-14-10-9-13-25(27)36-30(39)42/h7-14,21,26,34H,15-19H2,1-6H3,(H,35,41)(H,36,42)(H,37,43)/t26-/m1/s1. The van der Waals surface area contributed by atoms with Gasteiger partial charge in [-0.2, -0.15) is 0 Å². The molecule has 0 saturated carbocycles. The summed E-state index contributed by atoms with van der Waals surface area (Å²) in [4.78, 5) is 61.1. The minimum absolute atomic E-state index is 0.0523. The molecule has 5 rings (SSSR count). The third kappa shape index (κ3) is 6.51. The molecule has 0 spiro atoms. The van der Waals surface area contributed by atoms with Gasteiger partial charge in [0.15, 0.2) is 0 Å². The van der Waals surface area contributed by atoms with Gasteiger partial charge in [-0.3, -0.25) is 14.2 Å². The van der Waals surface area contributed by atoms with Crippen LogP contribution in [-0.4, -0.2) is 67.6 Å². The number of benzene rings is 2. The molecule has 11 nitrogen and oxygen atoms in total. The van der Waals surface area contributed by atoms with Crippen molar-refractivity contribution in [1.82, 2.24) is 30.1 Å². The number of hydrogen-bond donors (Lipinski definition) is 4. The molecule has 0 bridgehead atoms. The number of carbonyl (C=O) groups excluding carboxylic acids is 3. The van der Waals surface area contributed by atoms with Crippen LogP contribution in [-0.2, 0) is 20.7 Å². The fraction of sp³-hybridized carbons (Fsp3) is 0.455. The topological polar surface area (TPSA) is 141 Å². The Morgan fingerprint density at radius 2 is 1.59 bits per heavy atom. The zero-order chi connectivity index (χ0) is 31.8. The first-order chi connectivity index (χ1) is 20.7. The number of piperidine rings is 1. The predicted octanol–water partition coefficient (Wildman–Crippen LogP) is 4.31. The van der Waals surface area contributed by atoms with E-state index in [-0.39, 0.29) is 24.1 Å². The van der Waals surface area contributed by atoms with E-state index in [9.17, 15) is 19.2 Å². The van der Waals surface area contributed by atoms with Crippen molar-refractivity contribution >= 4 is 39.8 Å². The first-order valence-electron chi connectivity index (χ1n) is 15.1. The van der Waals surface area contributed by atoms with E-state index in [1.54, 1.807) is 44.1 Å². The Kier molecular flexibility index (Phi) is 8.33. The first kappa shape index (κ1) is 30.9. The highest BCUT2D eigenvalue weighted by atomic mass is 16.6. The monoisotopic (exact) mass is 602 g/mol. The lowest BCUT2D eigenvalue weighted by atomic mass is 9.97. The number of hydrogen-bond acceptors (Lipinski definition) is 5. The summed E-state index contributed by atoms with van der Waals surface area (Å²) >= 11 is 0. The van der Waals surface area contributed by atoms with E-state index in [1.165, 1.54) is 0 Å². The van der Waals surface area contributed by atoms with Crippen molar-refractivity contribution in [3.8, 4) is 0 Å². The number of nitrogens with zero attached hydrogens (tertiary/aromatic N) is 2. The molecule has 3 heterocycles. The highest BCUT2D eigenvalue weighted by Gasteiger charge is 2.37. The van der Waals surface area contributed by atoms with Crippen LogP contribution in [0.15, 0.2) is 53.3 Å². The maximum Gasteiger partial charge on any atom is 0.408 e. The van der Waals surface area contributed by atoms with Gasteiger partial charge in [-0.05, 0) is 78.1 Å². The van der Waals surface area contributed by atoms with Crippen molar-refractivity contribution in [1.29, 1.82) is 0 Å². The molecule has 0 aliphatic carbocycles. The van der Waals surface area contributed by atoms with Crippen LogP contribution in [0, 0.1) is 6.92 Å². The van der Waals surface area contributed by atoms with Gasteiger partial charge in [-0.1, -0.05) is 30.3 Å². The normalized spacial score (nSPS) is 15.4. The number of H-pyrrole nitrogens is 2. The zero-order valence-electron chi connectivity index (χ0n) is 26.2. The number of aromatic nitrogens is 3. The minimum atomic E-state index is -1.35. The third-order valence-electron chi connectivity index (χ3n) is 8.19. The number of fused-ring (bicyclic) bond motifs is 2. The number of para-hydroxylation sites is 3. The lowest BCUT2D eigenvalue weighted by Gasteiger charge is -2.36. The van der Waals surface area contributed by atoms with E-state index in [1.807, 2.05) is 55.5 Å². The van der Waals surface area contributed by atoms with Gasteiger partial charge in [-0.15, -0.1) is 0 Å². The average molecular weight is 603 g/mol. The van der Waals surface area contributed by atoms with E-state index in [0.29, 0.717) is 25.9 Å². The quantitative estimate of drug-likeness (QED) is 0.249. The molecule has 0 radical (unpaired) electrons. The summed E-state index contributed by atoms with van der Waals surface area (Å²) in [6.45, 7) is 11.2. The van der Waals surface area contributed by atoms with Gasteiger partial charge < -0.3 is 30.2 Å². The summed E-state index contributed by atoms with van der Waals surface area (Å²) in [6, 6.07) is 14.5. The lowest BCUT2D eigenvalue weighted by Crippen LogP contribution is -2.60. The largest absolute Gasteiger partial charge is 0.444 e. The van der Waals surface area contributed by atoms with E-state index < -0.39 is 29.2 Å². The molecule has 1 aliphatic rings. The number of rotatable bonds is 7. The highest BCUT2D eigenvalue weighted by molar-refractivity contribution is 5.94. The fourth-order valence-corrected chi connectivity index (χ4v) is 5.96. The Morgan fingerprint density at radius 3 is 2.27 bits per heavy atom. The maximum absolute atomic E-state index is 14.1. The molecule has 44 heavy (non-hydrogen) atoms. The van der Waals surface area contributed by atoms with Gasteiger partial charge in [0.2, 0.25) is 11.8 Å². The summed E-state index contributed by atoms with van der Waals surface area (Å²) < 4.78 is 7.15. The van der Waals surface area contributed by atoms with E-state index in [2.05, 4.69) is 20.6 Å². The van der Waals surface area contributed by atoms with Gasteiger partial charge in [0.25, 0.3) is 0 Å². The second kappa shape index (κ2) is 11.9. The Labute approximate surface area is 256 Å². The molecule has 11 heteroatoms. The van der Waals surface area contributed by atoms with Crippen LogP contribution < -0.4 is 16.3 Å². The van der Waals surface area contributed by atoms with Gasteiger partial charge in [0.05, 0.1) is 11.0 Å². The van der Waals surface area contributed by atoms with Crippen LogP contribution in [0.2, 0.25) is 0 Å². The Morgan fingerprint density at radius 1 is 0.955 bits per heavy atom. The van der Waals surface area contributed by atoms with Crippen molar-refractivity contribution < 1.29 is 19.1 Å². The number of nitrogens with one attached hydrogen (secondary N) is 4. The van der Waals surface area contributed by atoms with Gasteiger partial charge >= 0.3 is 11.8 Å². The minimum Gasteiger partial charge on any atom is -0.444 e. The molecule has 1 saturated heterocycles. The van der Waals surface area contributed by atoms with Crippen LogP contribution in [0.4, 0.5) is 4.79 Å². The van der Waals surface area contributed by atoms with Crippen LogP contribution in [0.1, 0.15) is 64.8 Å². The van der Waals surface area contributed by atoms with Crippen molar-refractivity contribution in [3.63, 3.8) is 0 Å². The van der Waals surface area contributed by atoms with E-state index in [0.717, 1.165) is 33.2 Å². The molecular weight excluding hydrogens is 560 g/mol. The van der Waals surface area contributed by atoms with Crippen LogP contribution in [0.5, 0.6) is 0 Å². The van der Waals surface area contributed by atoms with Gasteiger partial charge in [0.1, 0.15) is 17.2 Å². The molecule has 0 unspecified atom stereocenters. The number of ether oxygens (including phenoxy) is 1. The molecule has 1 aliphatic heterocycles. The number of alkyl carbamates (subject to hydrolysis) is 1. The smallest absolute Gasteiger partial charge is 0.408 e. The molecule has 4 aromatic rings. The summed E-state index contributed by atoms with van der Waals surface area (Å²) in [5, 5.41) is 6.57. The second-order valence-corrected chi connectivity index (χ2v) is 13.1. The number of amides is 3. The van der Waals surface area contributed by atoms with Crippen molar-refractivity contribution in [2.24, 2.45) is 0 Å². The van der Waals surface area contributed by atoms with Crippen LogP contribution in [0.25, 0.3) is 21.9 Å². The first-order valence-corrected chi connectivity index (χ1v) is 15.1. The van der Waals surface area contributed by atoms with Gasteiger partial charge in [-0.25, -0.2) is 9.59 Å². The Balaban J connectivity index is 1.36. The van der Waals surface area contributed by atoms with Gasteiger partial charge in [0, 0.05) is 42.1 Å². The molecular formula is C33H42N6O5. The molecule has 2 aromatic carbocycles. The Hall–Kier alpha value is -4.54. The molecule has 234 valence electrons. The van der Waals surface area contributed by atoms with E-state index >= 15 is 0 Å². The summed E-state index contributed by atoms with van der Waals surface area (Å²) in [5.41, 5.74) is 2.22. The van der Waals surface area contributed by atoms with Crippen LogP contribution in [0.3, 0.4) is 0 Å². The highest BCUT2D eigenvalue weighted by Crippen LogP contribution is 2.27. The second-order valence-electron chi connectivity index (χ2n) is 13.1. The predicted molar refractivity (Wildman–Crippen MR) is 170 cm³/mol. The summed E-state index contributed by atoms with van der Waals surface area (Å²) in [6.07, 6.45) is 0.755. The number of aryl methyl sites for hydroxylation is 1. The van der Waals surface area contributed by atoms with Crippen LogP contribution >= 0.6 is 0 Å². The summed E-state index contributed by atoms with van der Waals surface area (Å²) in [5.74, 6) is -0.708. The third-order valence-corrected chi connectivity index (χ3v) is 8.19. The van der Waals surface area contributed by atoms with Crippen molar-refractivity contribution in [3.05, 3.63) is 70.3 Å². The lowest BCUT2D eigenvalue weighted by molar-refractivity contribution is -0.138. The van der Waals surface area contributed by atoms with E-state index in [4.69, 9.17) is 4.74 Å². The average Bonchev–Trinajstić information content (AvgIpc) is 3.45. The molecule has 1 atom stereocenters. The van der Waals surface area contributed by atoms with Crippen molar-refractivity contribution in [2.45, 2.75) is 84.0 Å². The van der Waals surface area contributed by atoms with Crippen molar-refractivity contribution in [2.75, 3.05) is 13.1 Å². The fourth-order valence-electron chi connectivity index (χ4n) is 5.96. The maximum atomic E-state index is 14.1. The number of aromatic amines is 2. The molecule has 4 N–H and O–H groups in total. The number of carbonyl (C=O) groups is 3. The number of likely N-dealkylation sites (tertiary alicyclic amines) is 1. The molecule has 3 amide bonds. The molecule has 2 aromatic heterocycles. The number of imidazole rings is 1.